The Morgan fingerprint density at radius 3 is 2.26 bits per heavy atom. The van der Waals surface area contributed by atoms with E-state index in [4.69, 9.17) is 0 Å². The van der Waals surface area contributed by atoms with E-state index in [0.717, 1.165) is 16.9 Å². The first kappa shape index (κ1) is 13.1. The first-order chi connectivity index (χ1) is 9.17. The van der Waals surface area contributed by atoms with Gasteiger partial charge in [0.25, 0.3) is 0 Å². The summed E-state index contributed by atoms with van der Waals surface area (Å²) < 4.78 is 0. The van der Waals surface area contributed by atoms with E-state index in [0.29, 0.717) is 6.41 Å². The van der Waals surface area contributed by atoms with Gasteiger partial charge in [0, 0.05) is 7.05 Å². The van der Waals surface area contributed by atoms with Crippen molar-refractivity contribution >= 4 is 17.8 Å². The molecule has 3 heteroatoms. The summed E-state index contributed by atoms with van der Waals surface area (Å²) in [6.07, 6.45) is 0.689. The van der Waals surface area contributed by atoms with Crippen molar-refractivity contribution < 1.29 is 4.79 Å². The summed E-state index contributed by atoms with van der Waals surface area (Å²) in [5.41, 5.74) is 6.59. The van der Waals surface area contributed by atoms with Gasteiger partial charge in [0.05, 0.1) is 11.4 Å². The summed E-state index contributed by atoms with van der Waals surface area (Å²) in [4.78, 5) is 10.6. The molecule has 2 aromatic carbocycles. The fourth-order valence-electron chi connectivity index (χ4n) is 2.37. The zero-order chi connectivity index (χ0) is 13.8. The van der Waals surface area contributed by atoms with E-state index >= 15 is 0 Å². The van der Waals surface area contributed by atoms with E-state index in [-0.39, 0.29) is 0 Å². The van der Waals surface area contributed by atoms with Crippen molar-refractivity contribution in [2.75, 3.05) is 17.7 Å². The molecule has 0 unspecified atom stereocenters. The third-order valence-electron chi connectivity index (χ3n) is 3.27. The number of nitrogens with one attached hydrogen (secondary N) is 2. The Bertz CT molecular complexity index is 585. The summed E-state index contributed by atoms with van der Waals surface area (Å²) in [7, 11) is 1.85. The maximum absolute atomic E-state index is 10.6. The van der Waals surface area contributed by atoms with Crippen molar-refractivity contribution in [3.05, 3.63) is 47.5 Å². The highest BCUT2D eigenvalue weighted by molar-refractivity contribution is 5.85. The van der Waals surface area contributed by atoms with Crippen LogP contribution in [-0.2, 0) is 4.79 Å². The highest BCUT2D eigenvalue weighted by Gasteiger charge is 2.08. The molecule has 0 aliphatic heterocycles. The van der Waals surface area contributed by atoms with Gasteiger partial charge in [0.15, 0.2) is 0 Å². The molecule has 0 heterocycles. The minimum atomic E-state index is 0.689. The molecule has 1 amide bonds. The molecule has 2 N–H and O–H groups in total. The molecule has 0 aromatic heterocycles. The van der Waals surface area contributed by atoms with Crippen molar-refractivity contribution in [2.45, 2.75) is 13.8 Å². The highest BCUT2D eigenvalue weighted by atomic mass is 16.1. The average Bonchev–Trinajstić information content (AvgIpc) is 2.40. The van der Waals surface area contributed by atoms with E-state index in [1.807, 2.05) is 19.2 Å². The number of hydrogen-bond acceptors (Lipinski definition) is 2. The summed E-state index contributed by atoms with van der Waals surface area (Å²) in [6.45, 7) is 4.22. The molecule has 2 rings (SSSR count). The van der Waals surface area contributed by atoms with Gasteiger partial charge in [-0.25, -0.2) is 0 Å². The van der Waals surface area contributed by atoms with Crippen molar-refractivity contribution in [3.63, 3.8) is 0 Å². The van der Waals surface area contributed by atoms with Crippen molar-refractivity contribution in [3.8, 4) is 11.1 Å². The number of amides is 1. The molecular weight excluding hydrogens is 236 g/mol. The van der Waals surface area contributed by atoms with Crippen LogP contribution in [0.25, 0.3) is 11.1 Å². The van der Waals surface area contributed by atoms with Gasteiger partial charge >= 0.3 is 0 Å². The molecule has 0 aliphatic rings. The third kappa shape index (κ3) is 2.60. The number of carbonyl (C=O) groups is 1. The Kier molecular flexibility index (Phi) is 3.85. The second-order valence-corrected chi connectivity index (χ2v) is 4.54. The molecule has 0 spiro atoms. The molecule has 0 atom stereocenters. The number of aryl methyl sites for hydroxylation is 2. The lowest BCUT2D eigenvalue weighted by atomic mass is 9.95. The zero-order valence-electron chi connectivity index (χ0n) is 11.4. The van der Waals surface area contributed by atoms with Gasteiger partial charge in [0.1, 0.15) is 0 Å². The van der Waals surface area contributed by atoms with Crippen molar-refractivity contribution in [1.82, 2.24) is 0 Å². The Morgan fingerprint density at radius 2 is 1.68 bits per heavy atom. The molecule has 2 aromatic rings. The summed E-state index contributed by atoms with van der Waals surface area (Å²) in [6, 6.07) is 12.3. The molecule has 0 fully saturated rings. The van der Waals surface area contributed by atoms with Gasteiger partial charge in [-0.3, -0.25) is 4.79 Å². The van der Waals surface area contributed by atoms with Gasteiger partial charge in [-0.1, -0.05) is 24.3 Å². The lowest BCUT2D eigenvalue weighted by molar-refractivity contribution is -0.105. The minimum absolute atomic E-state index is 0.689. The standard InChI is InChI=1S/C16H18N2O/c1-11-5-4-6-12(2)16(11)13-7-8-14(18-10-19)15(9-13)17-3/h4-10,17H,1-3H3,(H,18,19). The smallest absolute Gasteiger partial charge is 0.211 e. The number of benzene rings is 2. The Hall–Kier alpha value is -2.29. The molecule has 0 aliphatic carbocycles. The van der Waals surface area contributed by atoms with Crippen LogP contribution in [0, 0.1) is 13.8 Å². The molecule has 0 radical (unpaired) electrons. The van der Waals surface area contributed by atoms with Crippen LogP contribution < -0.4 is 10.6 Å². The van der Waals surface area contributed by atoms with E-state index in [1.54, 1.807) is 0 Å². The predicted octanol–water partition coefficient (Wildman–Crippen LogP) is 3.58. The van der Waals surface area contributed by atoms with Crippen LogP contribution in [0.3, 0.4) is 0 Å². The Labute approximate surface area is 113 Å². The van der Waals surface area contributed by atoms with Gasteiger partial charge in [-0.2, -0.15) is 0 Å². The minimum Gasteiger partial charge on any atom is -0.386 e. The van der Waals surface area contributed by atoms with Crippen LogP contribution in [0.1, 0.15) is 11.1 Å². The second-order valence-electron chi connectivity index (χ2n) is 4.54. The molecule has 0 saturated carbocycles. The summed E-state index contributed by atoms with van der Waals surface area (Å²) in [5, 5.41) is 5.80. The van der Waals surface area contributed by atoms with E-state index in [2.05, 4.69) is 48.7 Å². The van der Waals surface area contributed by atoms with Crippen LogP contribution in [0.15, 0.2) is 36.4 Å². The summed E-state index contributed by atoms with van der Waals surface area (Å²) >= 11 is 0. The Balaban J connectivity index is 2.55. The monoisotopic (exact) mass is 254 g/mol. The first-order valence-electron chi connectivity index (χ1n) is 6.26. The Morgan fingerprint density at radius 1 is 1.00 bits per heavy atom. The largest absolute Gasteiger partial charge is 0.386 e. The molecule has 98 valence electrons. The molecular formula is C16H18N2O. The predicted molar refractivity (Wildman–Crippen MR) is 80.6 cm³/mol. The summed E-state index contributed by atoms with van der Waals surface area (Å²) in [5.74, 6) is 0. The topological polar surface area (TPSA) is 41.1 Å². The van der Waals surface area contributed by atoms with E-state index in [9.17, 15) is 4.79 Å². The lowest BCUT2D eigenvalue weighted by Crippen LogP contribution is -2.00. The van der Waals surface area contributed by atoms with Crippen molar-refractivity contribution in [2.24, 2.45) is 0 Å². The second kappa shape index (κ2) is 5.57. The van der Waals surface area contributed by atoms with Gasteiger partial charge in [0.2, 0.25) is 6.41 Å². The fourth-order valence-corrected chi connectivity index (χ4v) is 2.37. The average molecular weight is 254 g/mol. The van der Waals surface area contributed by atoms with Gasteiger partial charge in [-0.15, -0.1) is 0 Å². The quantitative estimate of drug-likeness (QED) is 0.819. The number of anilines is 2. The maximum Gasteiger partial charge on any atom is 0.211 e. The lowest BCUT2D eigenvalue weighted by Gasteiger charge is -2.14. The van der Waals surface area contributed by atoms with Gasteiger partial charge in [-0.05, 0) is 48.2 Å². The third-order valence-corrected chi connectivity index (χ3v) is 3.27. The molecule has 0 saturated heterocycles. The van der Waals surface area contributed by atoms with Crippen molar-refractivity contribution in [1.29, 1.82) is 0 Å². The molecule has 3 nitrogen and oxygen atoms in total. The zero-order valence-corrected chi connectivity index (χ0v) is 11.4. The van der Waals surface area contributed by atoms with Crippen LogP contribution >= 0.6 is 0 Å². The maximum atomic E-state index is 10.6. The molecule has 19 heavy (non-hydrogen) atoms. The van der Waals surface area contributed by atoms with E-state index in [1.165, 1.54) is 16.7 Å². The van der Waals surface area contributed by atoms with Crippen LogP contribution in [0.2, 0.25) is 0 Å². The fraction of sp³-hybridized carbons (Fsp3) is 0.188. The number of rotatable bonds is 4. The van der Waals surface area contributed by atoms with Crippen LogP contribution in [-0.4, -0.2) is 13.5 Å². The normalized spacial score (nSPS) is 10.1. The number of hydrogen-bond donors (Lipinski definition) is 2. The first-order valence-corrected chi connectivity index (χ1v) is 6.26. The highest BCUT2D eigenvalue weighted by Crippen LogP contribution is 2.32. The van der Waals surface area contributed by atoms with Crippen LogP contribution in [0.5, 0.6) is 0 Å². The molecule has 0 bridgehead atoms. The SMILES string of the molecule is CNc1cc(-c2c(C)cccc2C)ccc1NC=O. The van der Waals surface area contributed by atoms with E-state index < -0.39 is 0 Å². The van der Waals surface area contributed by atoms with Gasteiger partial charge < -0.3 is 10.6 Å². The number of carbonyl (C=O) groups excluding carboxylic acids is 1. The van der Waals surface area contributed by atoms with Crippen LogP contribution in [0.4, 0.5) is 11.4 Å².